The molecule has 1 aliphatic carbocycles. The highest BCUT2D eigenvalue weighted by molar-refractivity contribution is 9.10. The molecule has 12 heavy (non-hydrogen) atoms. The van der Waals surface area contributed by atoms with Gasteiger partial charge >= 0.3 is 0 Å². The average molecular weight is 256 g/mol. The third-order valence-corrected chi connectivity index (χ3v) is 5.39. The number of nitrogens with zero attached hydrogens (tertiary/aromatic N) is 1. The first kappa shape index (κ1) is 8.93. The third-order valence-electron chi connectivity index (χ3n) is 2.21. The van der Waals surface area contributed by atoms with E-state index >= 15 is 0 Å². The molecule has 6 heteroatoms. The van der Waals surface area contributed by atoms with Crippen LogP contribution in [-0.4, -0.2) is 42.7 Å². The normalized spacial score (nSPS) is 36.1. The maximum atomic E-state index is 11.4. The van der Waals surface area contributed by atoms with Crippen LogP contribution in [0, 0.1) is 0 Å². The van der Waals surface area contributed by atoms with Gasteiger partial charge in [-0.15, -0.1) is 0 Å². The smallest absolute Gasteiger partial charge is 0.224 e. The lowest BCUT2D eigenvalue weighted by molar-refractivity contribution is 0.0625. The molecule has 0 spiro atoms. The Bertz CT molecular complexity index is 279. The van der Waals surface area contributed by atoms with Crippen molar-refractivity contribution in [3.63, 3.8) is 0 Å². The van der Waals surface area contributed by atoms with Gasteiger partial charge in [0.25, 0.3) is 0 Å². The number of morpholine rings is 1. The summed E-state index contributed by atoms with van der Waals surface area (Å²) in [5.74, 6) is 0. The molecule has 1 heterocycles. The summed E-state index contributed by atoms with van der Waals surface area (Å²) in [4.78, 5) is 0. The van der Waals surface area contributed by atoms with E-state index in [1.165, 1.54) is 0 Å². The molecular formula is C6H10BrNO3S. The van der Waals surface area contributed by atoms with E-state index in [9.17, 15) is 8.42 Å². The van der Waals surface area contributed by atoms with Gasteiger partial charge in [-0.1, -0.05) is 15.9 Å². The summed E-state index contributed by atoms with van der Waals surface area (Å²) in [7, 11) is -3.06. The lowest BCUT2D eigenvalue weighted by Gasteiger charge is -2.24. The number of fused-ring (bicyclic) bond motifs is 1. The summed E-state index contributed by atoms with van der Waals surface area (Å²) in [6.45, 7) is 1.04. The van der Waals surface area contributed by atoms with E-state index in [2.05, 4.69) is 15.9 Å². The third kappa shape index (κ3) is 1.41. The first-order valence-corrected chi connectivity index (χ1v) is 6.55. The van der Waals surface area contributed by atoms with E-state index in [-0.39, 0.29) is 16.8 Å². The molecule has 0 amide bonds. The fraction of sp³-hybridized carbons (Fsp3) is 1.00. The molecule has 2 fully saturated rings. The Kier molecular flexibility index (Phi) is 2.18. The molecule has 1 aliphatic heterocycles. The zero-order valence-electron chi connectivity index (χ0n) is 6.44. The minimum absolute atomic E-state index is 0.0171. The molecule has 70 valence electrons. The van der Waals surface area contributed by atoms with Crippen molar-refractivity contribution in [2.45, 2.75) is 18.6 Å². The van der Waals surface area contributed by atoms with Crippen molar-refractivity contribution >= 4 is 26.0 Å². The molecule has 1 saturated carbocycles. The fourth-order valence-corrected chi connectivity index (χ4v) is 3.41. The predicted octanol–water partition coefficient (Wildman–Crippen LogP) is 0.142. The van der Waals surface area contributed by atoms with E-state index in [4.69, 9.17) is 4.74 Å². The molecule has 0 aromatic carbocycles. The lowest BCUT2D eigenvalue weighted by atomic mass is 10.5. The summed E-state index contributed by atoms with van der Waals surface area (Å²) in [6, 6.07) is 0.126. The van der Waals surface area contributed by atoms with Gasteiger partial charge in [0.1, 0.15) is 4.66 Å². The van der Waals surface area contributed by atoms with Gasteiger partial charge in [0.15, 0.2) is 0 Å². The van der Waals surface area contributed by atoms with Crippen molar-refractivity contribution in [2.75, 3.05) is 17.8 Å². The maximum absolute atomic E-state index is 11.4. The number of sulfonamides is 1. The Hall–Kier alpha value is 0.350. The first-order valence-electron chi connectivity index (χ1n) is 3.82. The number of rotatable bonds is 2. The van der Waals surface area contributed by atoms with E-state index in [1.807, 2.05) is 0 Å². The molecule has 2 aliphatic rings. The summed E-state index contributed by atoms with van der Waals surface area (Å²) >= 11 is 2.98. The van der Waals surface area contributed by atoms with Crippen molar-refractivity contribution in [3.05, 3.63) is 0 Å². The van der Waals surface area contributed by atoms with Crippen LogP contribution in [0.2, 0.25) is 0 Å². The van der Waals surface area contributed by atoms with Gasteiger partial charge in [0.05, 0.1) is 18.8 Å². The van der Waals surface area contributed by atoms with Crippen LogP contribution < -0.4 is 0 Å². The molecular weight excluding hydrogens is 246 g/mol. The monoisotopic (exact) mass is 255 g/mol. The van der Waals surface area contributed by atoms with E-state index in [0.29, 0.717) is 13.2 Å². The topological polar surface area (TPSA) is 46.6 Å². The minimum Gasteiger partial charge on any atom is -0.375 e. The van der Waals surface area contributed by atoms with E-state index in [1.54, 1.807) is 4.31 Å². The minimum atomic E-state index is -3.06. The number of hydrogen-bond donors (Lipinski definition) is 0. The van der Waals surface area contributed by atoms with Crippen molar-refractivity contribution in [2.24, 2.45) is 0 Å². The van der Waals surface area contributed by atoms with E-state index in [0.717, 1.165) is 6.42 Å². The van der Waals surface area contributed by atoms with Crippen LogP contribution in [0.4, 0.5) is 0 Å². The quantitative estimate of drug-likeness (QED) is 0.660. The molecule has 0 N–H and O–H groups in total. The molecule has 4 nitrogen and oxygen atoms in total. The zero-order chi connectivity index (χ0) is 8.77. The summed E-state index contributed by atoms with van der Waals surface area (Å²) < 4.78 is 29.7. The Balaban J connectivity index is 2.13. The van der Waals surface area contributed by atoms with Gasteiger partial charge in [0, 0.05) is 6.54 Å². The first-order chi connectivity index (χ1) is 5.65. The van der Waals surface area contributed by atoms with Gasteiger partial charge in [-0.05, 0) is 6.42 Å². The summed E-state index contributed by atoms with van der Waals surface area (Å²) in [5, 5.41) is 0. The highest BCUT2D eigenvalue weighted by Crippen LogP contribution is 2.36. The van der Waals surface area contributed by atoms with Gasteiger partial charge < -0.3 is 4.74 Å². The summed E-state index contributed by atoms with van der Waals surface area (Å²) in [6.07, 6.45) is 1.04. The molecule has 2 rings (SSSR count). The predicted molar refractivity (Wildman–Crippen MR) is 47.6 cm³/mol. The maximum Gasteiger partial charge on any atom is 0.224 e. The van der Waals surface area contributed by atoms with Gasteiger partial charge in [-0.2, -0.15) is 4.31 Å². The summed E-state index contributed by atoms with van der Waals surface area (Å²) in [5.41, 5.74) is 0. The Labute approximate surface area is 80.1 Å². The van der Waals surface area contributed by atoms with Crippen LogP contribution in [0.25, 0.3) is 0 Å². The average Bonchev–Trinajstić information content (AvgIpc) is 2.81. The molecule has 0 aromatic rings. The van der Waals surface area contributed by atoms with Crippen molar-refractivity contribution in [3.8, 4) is 0 Å². The van der Waals surface area contributed by atoms with Crippen molar-refractivity contribution < 1.29 is 13.2 Å². The number of hydrogen-bond acceptors (Lipinski definition) is 3. The van der Waals surface area contributed by atoms with Crippen LogP contribution >= 0.6 is 15.9 Å². The molecule has 2 atom stereocenters. The van der Waals surface area contributed by atoms with Gasteiger partial charge in [-0.3, -0.25) is 0 Å². The van der Waals surface area contributed by atoms with Gasteiger partial charge in [-0.25, -0.2) is 8.42 Å². The van der Waals surface area contributed by atoms with Crippen LogP contribution in [0.15, 0.2) is 0 Å². The van der Waals surface area contributed by atoms with E-state index < -0.39 is 10.0 Å². The highest BCUT2D eigenvalue weighted by Gasteiger charge is 2.49. The fourth-order valence-electron chi connectivity index (χ4n) is 1.51. The SMILES string of the molecule is O=S(=O)(CBr)N1CCOC2CC21. The second-order valence-electron chi connectivity index (χ2n) is 3.04. The van der Waals surface area contributed by atoms with Crippen LogP contribution in [0.5, 0.6) is 0 Å². The standard InChI is InChI=1S/C6H10BrNO3S/c7-4-12(9,10)8-1-2-11-6-3-5(6)8/h5-6H,1-4H2. The molecule has 2 unspecified atom stereocenters. The Morgan fingerprint density at radius 1 is 1.58 bits per heavy atom. The van der Waals surface area contributed by atoms with Crippen LogP contribution in [0.3, 0.4) is 0 Å². The van der Waals surface area contributed by atoms with Gasteiger partial charge in [0.2, 0.25) is 10.0 Å². The second-order valence-corrected chi connectivity index (χ2v) is 6.27. The Morgan fingerprint density at radius 2 is 2.33 bits per heavy atom. The number of ether oxygens (including phenoxy) is 1. The molecule has 0 aromatic heterocycles. The number of halogens is 1. The highest BCUT2D eigenvalue weighted by atomic mass is 79.9. The zero-order valence-corrected chi connectivity index (χ0v) is 8.84. The largest absolute Gasteiger partial charge is 0.375 e. The van der Waals surface area contributed by atoms with Crippen LogP contribution in [-0.2, 0) is 14.8 Å². The second kappa shape index (κ2) is 2.94. The number of alkyl halides is 1. The molecule has 1 saturated heterocycles. The van der Waals surface area contributed by atoms with Crippen molar-refractivity contribution in [1.82, 2.24) is 4.31 Å². The molecule has 0 radical (unpaired) electrons. The Morgan fingerprint density at radius 3 is 3.00 bits per heavy atom. The lowest BCUT2D eigenvalue weighted by Crippen LogP contribution is -2.41. The van der Waals surface area contributed by atoms with Crippen molar-refractivity contribution in [1.29, 1.82) is 0 Å². The molecule has 0 bridgehead atoms. The van der Waals surface area contributed by atoms with Crippen LogP contribution in [0.1, 0.15) is 6.42 Å².